The number of carbonyl (C=O) groups is 2. The number of nitro benzene ring substituents is 1. The van der Waals surface area contributed by atoms with Crippen molar-refractivity contribution in [3.63, 3.8) is 0 Å². The van der Waals surface area contributed by atoms with Gasteiger partial charge in [-0.2, -0.15) is 0 Å². The van der Waals surface area contributed by atoms with E-state index in [4.69, 9.17) is 16.2 Å². The lowest BCUT2D eigenvalue weighted by atomic mass is 10.1. The monoisotopic (exact) mass is 319 g/mol. The van der Waals surface area contributed by atoms with Gasteiger partial charge in [0.25, 0.3) is 11.6 Å². The molecule has 0 spiro atoms. The molecule has 1 aromatic heterocycles. The molecule has 0 bridgehead atoms. The number of anilines is 1. The van der Waals surface area contributed by atoms with Gasteiger partial charge in [0.1, 0.15) is 11.6 Å². The summed E-state index contributed by atoms with van der Waals surface area (Å²) >= 11 is 0. The molecule has 2 rings (SSSR count). The van der Waals surface area contributed by atoms with Crippen LogP contribution in [-0.2, 0) is 0 Å². The quantitative estimate of drug-likeness (QED) is 0.479. The third-order valence-corrected chi connectivity index (χ3v) is 3.02. The molecule has 0 radical (unpaired) electrons. The summed E-state index contributed by atoms with van der Waals surface area (Å²) in [5.41, 5.74) is 10.7. The van der Waals surface area contributed by atoms with E-state index in [1.54, 1.807) is 0 Å². The van der Waals surface area contributed by atoms with E-state index in [0.717, 1.165) is 0 Å². The number of nitrogens with two attached hydrogens (primary N) is 2. The molecule has 0 aliphatic heterocycles. The molecule has 3 amide bonds. The molecule has 0 saturated heterocycles. The Kier molecular flexibility index (Phi) is 4.16. The molecule has 0 atom stereocenters. The van der Waals surface area contributed by atoms with E-state index in [0.29, 0.717) is 17.0 Å². The lowest BCUT2D eigenvalue weighted by molar-refractivity contribution is -0.384. The highest BCUT2D eigenvalue weighted by Crippen LogP contribution is 2.34. The third kappa shape index (κ3) is 3.20. The molecule has 2 aromatic rings. The van der Waals surface area contributed by atoms with E-state index >= 15 is 0 Å². The molecule has 6 N–H and O–H groups in total. The Labute approximate surface area is 129 Å². The van der Waals surface area contributed by atoms with Crippen LogP contribution in [-0.4, -0.2) is 29.0 Å². The molecule has 23 heavy (non-hydrogen) atoms. The highest BCUT2D eigenvalue weighted by Gasteiger charge is 2.19. The minimum atomic E-state index is -0.896. The number of nitrogens with one attached hydrogen (secondary N) is 2. The molecule has 0 aliphatic carbocycles. The maximum atomic E-state index is 11.4. The summed E-state index contributed by atoms with van der Waals surface area (Å²) < 4.78 is 5.15. The predicted octanol–water partition coefficient (Wildman–Crippen LogP) is 1.19. The van der Waals surface area contributed by atoms with Gasteiger partial charge < -0.3 is 21.2 Å². The number of benzene rings is 1. The molecule has 1 aromatic carbocycles. The maximum absolute atomic E-state index is 11.4. The van der Waals surface area contributed by atoms with E-state index in [1.807, 2.05) is 0 Å². The number of ether oxygens (including phenoxy) is 1. The second-order valence-corrected chi connectivity index (χ2v) is 4.47. The zero-order chi connectivity index (χ0) is 17.1. The number of H-pyrrole nitrogens is 1. The SMILES string of the molecule is COc1ccc([N+](=O)[O-])cc1-c1cc(C(N)=O)c(NC(N)=O)[nH]1. The fraction of sp³-hybridized carbons (Fsp3) is 0.0769. The van der Waals surface area contributed by atoms with Crippen molar-refractivity contribution in [3.05, 3.63) is 39.9 Å². The average molecular weight is 319 g/mol. The normalized spacial score (nSPS) is 10.1. The first-order valence-corrected chi connectivity index (χ1v) is 6.25. The van der Waals surface area contributed by atoms with Crippen molar-refractivity contribution < 1.29 is 19.2 Å². The molecule has 0 fully saturated rings. The van der Waals surface area contributed by atoms with Crippen LogP contribution in [0.4, 0.5) is 16.3 Å². The number of hydrogen-bond acceptors (Lipinski definition) is 5. The number of methoxy groups -OCH3 is 1. The minimum Gasteiger partial charge on any atom is -0.496 e. The highest BCUT2D eigenvalue weighted by molar-refractivity contribution is 6.03. The zero-order valence-corrected chi connectivity index (χ0v) is 12.0. The van der Waals surface area contributed by atoms with Gasteiger partial charge >= 0.3 is 6.03 Å². The second-order valence-electron chi connectivity index (χ2n) is 4.47. The van der Waals surface area contributed by atoms with Gasteiger partial charge in [-0.1, -0.05) is 0 Å². The van der Waals surface area contributed by atoms with Gasteiger partial charge in [-0.25, -0.2) is 4.79 Å². The van der Waals surface area contributed by atoms with E-state index < -0.39 is 16.9 Å². The van der Waals surface area contributed by atoms with Crippen LogP contribution < -0.4 is 21.5 Å². The number of non-ortho nitro benzene ring substituents is 1. The third-order valence-electron chi connectivity index (χ3n) is 3.02. The molecule has 0 unspecified atom stereocenters. The van der Waals surface area contributed by atoms with Crippen LogP contribution in [0.5, 0.6) is 5.75 Å². The van der Waals surface area contributed by atoms with Crippen LogP contribution >= 0.6 is 0 Å². The summed E-state index contributed by atoms with van der Waals surface area (Å²) in [4.78, 5) is 35.5. The number of carbonyl (C=O) groups excluding carboxylic acids is 2. The fourth-order valence-electron chi connectivity index (χ4n) is 2.04. The first-order valence-electron chi connectivity index (χ1n) is 6.25. The first kappa shape index (κ1) is 15.8. The number of urea groups is 1. The van der Waals surface area contributed by atoms with Crippen molar-refractivity contribution >= 4 is 23.4 Å². The summed E-state index contributed by atoms with van der Waals surface area (Å²) in [7, 11) is 1.39. The predicted molar refractivity (Wildman–Crippen MR) is 81.2 cm³/mol. The number of nitro groups is 1. The number of aromatic amines is 1. The lowest BCUT2D eigenvalue weighted by Crippen LogP contribution is -2.22. The lowest BCUT2D eigenvalue weighted by Gasteiger charge is -2.06. The van der Waals surface area contributed by atoms with Gasteiger partial charge in [0.2, 0.25) is 0 Å². The van der Waals surface area contributed by atoms with Crippen molar-refractivity contribution in [2.75, 3.05) is 12.4 Å². The highest BCUT2D eigenvalue weighted by atomic mass is 16.6. The topological polar surface area (TPSA) is 166 Å². The molecule has 10 nitrogen and oxygen atoms in total. The minimum absolute atomic E-state index is 0.00596. The van der Waals surface area contributed by atoms with Crippen LogP contribution in [0, 0.1) is 10.1 Å². The van der Waals surface area contributed by atoms with Gasteiger partial charge in [0.05, 0.1) is 23.3 Å². The van der Waals surface area contributed by atoms with Gasteiger partial charge in [-0.3, -0.25) is 20.2 Å². The average Bonchev–Trinajstić information content (AvgIpc) is 2.89. The number of primary amides is 2. The van der Waals surface area contributed by atoms with Crippen molar-refractivity contribution in [2.24, 2.45) is 11.5 Å². The molecule has 120 valence electrons. The Morgan fingerprint density at radius 2 is 2.00 bits per heavy atom. The summed E-state index contributed by atoms with van der Waals surface area (Å²) in [5.74, 6) is -0.479. The Bertz CT molecular complexity index is 798. The van der Waals surface area contributed by atoms with Gasteiger partial charge in [-0.05, 0) is 12.1 Å². The molecule has 10 heteroatoms. The van der Waals surface area contributed by atoms with Crippen molar-refractivity contribution in [3.8, 4) is 17.0 Å². The van der Waals surface area contributed by atoms with E-state index in [2.05, 4.69) is 10.3 Å². The molecule has 1 heterocycles. The molecule has 0 aliphatic rings. The van der Waals surface area contributed by atoms with Crippen molar-refractivity contribution in [1.29, 1.82) is 0 Å². The van der Waals surface area contributed by atoms with Gasteiger partial charge in [-0.15, -0.1) is 0 Å². The molecule has 0 saturated carbocycles. The van der Waals surface area contributed by atoms with Crippen LogP contribution in [0.25, 0.3) is 11.3 Å². The number of rotatable bonds is 5. The second kappa shape index (κ2) is 6.05. The summed E-state index contributed by atoms with van der Waals surface area (Å²) in [6.07, 6.45) is 0. The van der Waals surface area contributed by atoms with Gasteiger partial charge in [0, 0.05) is 17.7 Å². The standard InChI is InChI=1S/C13H13N5O5/c1-23-10-3-2-6(18(21)22)4-7(10)9-5-8(11(14)19)12(16-9)17-13(15)20/h2-5,16H,1H3,(H2,14,19)(H3,15,17,20). The maximum Gasteiger partial charge on any atom is 0.317 e. The first-order chi connectivity index (χ1) is 10.8. The van der Waals surface area contributed by atoms with Gasteiger partial charge in [0.15, 0.2) is 0 Å². The van der Waals surface area contributed by atoms with Crippen molar-refractivity contribution in [1.82, 2.24) is 4.98 Å². The smallest absolute Gasteiger partial charge is 0.317 e. The van der Waals surface area contributed by atoms with Crippen LogP contribution in [0.1, 0.15) is 10.4 Å². The van der Waals surface area contributed by atoms with E-state index in [9.17, 15) is 19.7 Å². The van der Waals surface area contributed by atoms with Crippen LogP contribution in [0.15, 0.2) is 24.3 Å². The summed E-state index contributed by atoms with van der Waals surface area (Å²) in [6, 6.07) is 4.41. The molecular formula is C13H13N5O5. The number of nitrogens with zero attached hydrogens (tertiary/aromatic N) is 1. The Morgan fingerprint density at radius 1 is 1.30 bits per heavy atom. The Morgan fingerprint density at radius 3 is 2.52 bits per heavy atom. The number of aromatic nitrogens is 1. The van der Waals surface area contributed by atoms with Crippen LogP contribution in [0.3, 0.4) is 0 Å². The van der Waals surface area contributed by atoms with E-state index in [1.165, 1.54) is 31.4 Å². The Balaban J connectivity index is 2.61. The zero-order valence-electron chi connectivity index (χ0n) is 12.0. The summed E-state index contributed by atoms with van der Waals surface area (Å²) in [6.45, 7) is 0. The number of hydrogen-bond donors (Lipinski definition) is 4. The Hall–Kier alpha value is -3.56. The molecular weight excluding hydrogens is 306 g/mol. The van der Waals surface area contributed by atoms with Crippen LogP contribution in [0.2, 0.25) is 0 Å². The fourth-order valence-corrected chi connectivity index (χ4v) is 2.04. The summed E-state index contributed by atoms with van der Waals surface area (Å²) in [5, 5.41) is 13.1. The number of amides is 3. The largest absolute Gasteiger partial charge is 0.496 e. The van der Waals surface area contributed by atoms with Crippen molar-refractivity contribution in [2.45, 2.75) is 0 Å². The van der Waals surface area contributed by atoms with E-state index in [-0.39, 0.29) is 17.1 Å².